The second-order valence-corrected chi connectivity index (χ2v) is 6.85. The molecule has 1 N–H and O–H groups in total. The number of anilines is 1. The van der Waals surface area contributed by atoms with Crippen molar-refractivity contribution in [1.82, 2.24) is 4.98 Å². The molecule has 1 aliphatic rings. The number of nitrogens with zero attached hydrogens (tertiary/aromatic N) is 1. The molecule has 1 aromatic carbocycles. The van der Waals surface area contributed by atoms with Crippen LogP contribution in [0.3, 0.4) is 0 Å². The highest BCUT2D eigenvalue weighted by atomic mass is 32.1. The van der Waals surface area contributed by atoms with Crippen molar-refractivity contribution >= 4 is 28.5 Å². The van der Waals surface area contributed by atoms with Gasteiger partial charge in [-0.3, -0.25) is 10.1 Å². The summed E-state index contributed by atoms with van der Waals surface area (Å²) >= 11 is 1.39. The minimum Gasteiger partial charge on any atom is -0.466 e. The fourth-order valence-electron chi connectivity index (χ4n) is 2.74. The predicted molar refractivity (Wildman–Crippen MR) is 94.5 cm³/mol. The Morgan fingerprint density at radius 2 is 2.08 bits per heavy atom. The van der Waals surface area contributed by atoms with Gasteiger partial charge >= 0.3 is 12.1 Å². The number of amides is 1. The van der Waals surface area contributed by atoms with Gasteiger partial charge in [0.2, 0.25) is 0 Å². The lowest BCUT2D eigenvalue weighted by Crippen LogP contribution is -2.24. The maximum absolute atomic E-state index is 11.9. The summed E-state index contributed by atoms with van der Waals surface area (Å²) in [6, 6.07) is 9.49. The van der Waals surface area contributed by atoms with Crippen LogP contribution in [0.15, 0.2) is 30.3 Å². The molecule has 25 heavy (non-hydrogen) atoms. The summed E-state index contributed by atoms with van der Waals surface area (Å²) in [6.07, 6.45) is 1.53. The lowest BCUT2D eigenvalue weighted by atomic mass is 9.91. The summed E-state index contributed by atoms with van der Waals surface area (Å²) in [5, 5.41) is 3.18. The molecule has 0 spiro atoms. The number of hydrogen-bond donors (Lipinski definition) is 1. The van der Waals surface area contributed by atoms with E-state index in [0.717, 1.165) is 29.0 Å². The van der Waals surface area contributed by atoms with E-state index < -0.39 is 6.09 Å². The molecule has 0 bridgehead atoms. The number of ether oxygens (including phenoxy) is 2. The number of carbonyl (C=O) groups excluding carboxylic acids is 2. The highest BCUT2D eigenvalue weighted by Crippen LogP contribution is 2.33. The first-order valence-corrected chi connectivity index (χ1v) is 9.10. The average Bonchev–Trinajstić information content (AvgIpc) is 3.02. The molecule has 1 aromatic heterocycles. The minimum atomic E-state index is -0.531. The van der Waals surface area contributed by atoms with Gasteiger partial charge in [-0.1, -0.05) is 30.3 Å². The molecule has 2 aromatic rings. The first kappa shape index (κ1) is 17.4. The van der Waals surface area contributed by atoms with Gasteiger partial charge in [-0.25, -0.2) is 9.78 Å². The van der Waals surface area contributed by atoms with Crippen LogP contribution in [0.2, 0.25) is 0 Å². The van der Waals surface area contributed by atoms with E-state index in [-0.39, 0.29) is 18.5 Å². The zero-order valence-electron chi connectivity index (χ0n) is 14.0. The van der Waals surface area contributed by atoms with Gasteiger partial charge in [0.05, 0.1) is 18.2 Å². The van der Waals surface area contributed by atoms with Crippen LogP contribution in [0.5, 0.6) is 0 Å². The van der Waals surface area contributed by atoms with Crippen molar-refractivity contribution in [1.29, 1.82) is 0 Å². The lowest BCUT2D eigenvalue weighted by Gasteiger charge is -2.18. The summed E-state index contributed by atoms with van der Waals surface area (Å²) < 4.78 is 10.3. The molecule has 1 heterocycles. The SMILES string of the molecule is CCOC(=O)C1CCc2nc(NC(=O)OCc3ccccc3)sc2C1. The number of fused-ring (bicyclic) bond motifs is 1. The molecule has 0 radical (unpaired) electrons. The van der Waals surface area contributed by atoms with Crippen LogP contribution in [0, 0.1) is 5.92 Å². The summed E-state index contributed by atoms with van der Waals surface area (Å²) in [4.78, 5) is 29.3. The summed E-state index contributed by atoms with van der Waals surface area (Å²) in [6.45, 7) is 2.41. The Kier molecular flexibility index (Phi) is 5.65. The standard InChI is InChI=1S/C18H20N2O4S/c1-2-23-16(21)13-8-9-14-15(10-13)25-17(19-14)20-18(22)24-11-12-6-4-3-5-7-12/h3-7,13H,2,8-11H2,1H3,(H,19,20,22). The van der Waals surface area contributed by atoms with Crippen LogP contribution in [0.25, 0.3) is 0 Å². The largest absolute Gasteiger partial charge is 0.466 e. The fourth-order valence-corrected chi connectivity index (χ4v) is 3.81. The van der Waals surface area contributed by atoms with Crippen molar-refractivity contribution < 1.29 is 19.1 Å². The van der Waals surface area contributed by atoms with Gasteiger partial charge in [0.1, 0.15) is 6.61 Å². The van der Waals surface area contributed by atoms with Crippen LogP contribution >= 0.6 is 11.3 Å². The first-order valence-electron chi connectivity index (χ1n) is 8.28. The Morgan fingerprint density at radius 3 is 2.84 bits per heavy atom. The van der Waals surface area contributed by atoms with Crippen LogP contribution in [-0.2, 0) is 33.7 Å². The molecule has 0 saturated heterocycles. The van der Waals surface area contributed by atoms with E-state index in [1.165, 1.54) is 11.3 Å². The van der Waals surface area contributed by atoms with E-state index in [9.17, 15) is 9.59 Å². The molecule has 1 atom stereocenters. The van der Waals surface area contributed by atoms with Crippen LogP contribution < -0.4 is 5.32 Å². The maximum Gasteiger partial charge on any atom is 0.413 e. The van der Waals surface area contributed by atoms with Crippen molar-refractivity contribution in [2.24, 2.45) is 5.92 Å². The minimum absolute atomic E-state index is 0.120. The molecule has 1 unspecified atom stereocenters. The van der Waals surface area contributed by atoms with Gasteiger partial charge < -0.3 is 9.47 Å². The zero-order valence-corrected chi connectivity index (χ0v) is 14.8. The van der Waals surface area contributed by atoms with E-state index in [2.05, 4.69) is 10.3 Å². The predicted octanol–water partition coefficient (Wildman–Crippen LogP) is 3.56. The molecule has 0 saturated carbocycles. The Hall–Kier alpha value is -2.41. The molecule has 6 nitrogen and oxygen atoms in total. The van der Waals surface area contributed by atoms with Crippen molar-refractivity contribution in [3.63, 3.8) is 0 Å². The third kappa shape index (κ3) is 4.57. The number of nitrogens with one attached hydrogen (secondary N) is 1. The van der Waals surface area contributed by atoms with E-state index in [1.807, 2.05) is 37.3 Å². The van der Waals surface area contributed by atoms with Crippen molar-refractivity contribution in [2.75, 3.05) is 11.9 Å². The van der Waals surface area contributed by atoms with Crippen molar-refractivity contribution in [3.8, 4) is 0 Å². The number of rotatable bonds is 5. The average molecular weight is 360 g/mol. The summed E-state index contributed by atoms with van der Waals surface area (Å²) in [7, 11) is 0. The second kappa shape index (κ2) is 8.11. The normalized spacial score (nSPS) is 16.0. The maximum atomic E-state index is 11.9. The lowest BCUT2D eigenvalue weighted by molar-refractivity contribution is -0.148. The third-order valence-corrected chi connectivity index (χ3v) is 5.02. The Labute approximate surface area is 150 Å². The molecule has 1 aliphatic carbocycles. The van der Waals surface area contributed by atoms with Crippen molar-refractivity contribution in [3.05, 3.63) is 46.5 Å². The molecule has 0 fully saturated rings. The van der Waals surface area contributed by atoms with Gasteiger partial charge in [0.15, 0.2) is 5.13 Å². The van der Waals surface area contributed by atoms with Gasteiger partial charge in [-0.2, -0.15) is 0 Å². The summed E-state index contributed by atoms with van der Waals surface area (Å²) in [5.41, 5.74) is 1.87. The number of carbonyl (C=O) groups is 2. The number of aryl methyl sites for hydroxylation is 1. The quantitative estimate of drug-likeness (QED) is 0.825. The van der Waals surface area contributed by atoms with E-state index in [1.54, 1.807) is 0 Å². The third-order valence-electron chi connectivity index (χ3n) is 3.98. The molecular formula is C18H20N2O4S. The topological polar surface area (TPSA) is 77.5 Å². The van der Waals surface area contributed by atoms with Gasteiger partial charge in [-0.05, 0) is 31.7 Å². The van der Waals surface area contributed by atoms with Gasteiger partial charge in [-0.15, -0.1) is 11.3 Å². The fraction of sp³-hybridized carbons (Fsp3) is 0.389. The number of benzene rings is 1. The number of esters is 1. The summed E-state index contributed by atoms with van der Waals surface area (Å²) in [5.74, 6) is -0.274. The van der Waals surface area contributed by atoms with Crippen LogP contribution in [0.1, 0.15) is 29.5 Å². The Morgan fingerprint density at radius 1 is 1.28 bits per heavy atom. The Balaban J connectivity index is 1.55. The highest BCUT2D eigenvalue weighted by Gasteiger charge is 2.28. The van der Waals surface area contributed by atoms with Gasteiger partial charge in [0, 0.05) is 4.88 Å². The monoisotopic (exact) mass is 360 g/mol. The number of thiazole rings is 1. The highest BCUT2D eigenvalue weighted by molar-refractivity contribution is 7.15. The van der Waals surface area contributed by atoms with Crippen LogP contribution in [-0.4, -0.2) is 23.7 Å². The first-order chi connectivity index (χ1) is 12.2. The molecule has 1 amide bonds. The van der Waals surface area contributed by atoms with Crippen LogP contribution in [0.4, 0.5) is 9.93 Å². The molecule has 7 heteroatoms. The van der Waals surface area contributed by atoms with E-state index in [0.29, 0.717) is 18.2 Å². The molecule has 0 aliphatic heterocycles. The molecular weight excluding hydrogens is 340 g/mol. The van der Waals surface area contributed by atoms with Crippen molar-refractivity contribution in [2.45, 2.75) is 32.8 Å². The number of hydrogen-bond acceptors (Lipinski definition) is 6. The van der Waals surface area contributed by atoms with Gasteiger partial charge in [0.25, 0.3) is 0 Å². The van der Waals surface area contributed by atoms with E-state index in [4.69, 9.17) is 9.47 Å². The van der Waals surface area contributed by atoms with E-state index >= 15 is 0 Å². The zero-order chi connectivity index (χ0) is 17.6. The molecule has 132 valence electrons. The smallest absolute Gasteiger partial charge is 0.413 e. The number of aromatic nitrogens is 1. The molecule has 3 rings (SSSR count). The Bertz CT molecular complexity index is 745. The second-order valence-electron chi connectivity index (χ2n) is 5.77.